The summed E-state index contributed by atoms with van der Waals surface area (Å²) in [5.41, 5.74) is 9.98. The van der Waals surface area contributed by atoms with Gasteiger partial charge in [-0.25, -0.2) is 4.39 Å². The van der Waals surface area contributed by atoms with Crippen molar-refractivity contribution >= 4 is 34.4 Å². The highest BCUT2D eigenvalue weighted by atomic mass is 35.5. The highest BCUT2D eigenvalue weighted by Crippen LogP contribution is 2.24. The average Bonchev–Trinajstić information content (AvgIpc) is 2.38. The third kappa shape index (κ3) is 4.56. The van der Waals surface area contributed by atoms with E-state index in [0.29, 0.717) is 5.02 Å². The zero-order valence-electron chi connectivity index (χ0n) is 10.9. The fraction of sp³-hybridized carbons (Fsp3) is 0. The van der Waals surface area contributed by atoms with E-state index >= 15 is 0 Å². The SMILES string of the molecule is Nc1cc(Cl)ccc1[N+](=O)[O-].Nc1cc(F)ccc1[N+](=O)[O-]. The van der Waals surface area contributed by atoms with Crippen LogP contribution in [-0.4, -0.2) is 9.85 Å². The van der Waals surface area contributed by atoms with Gasteiger partial charge in [0.1, 0.15) is 17.2 Å². The Hall–Kier alpha value is -2.94. The normalized spacial score (nSPS) is 9.55. The molecule has 0 saturated carbocycles. The lowest BCUT2D eigenvalue weighted by atomic mass is 10.3. The van der Waals surface area contributed by atoms with Crippen molar-refractivity contribution in [3.8, 4) is 0 Å². The molecule has 2 aromatic rings. The Bertz CT molecular complexity index is 665. The topological polar surface area (TPSA) is 138 Å². The molecule has 0 heterocycles. The first-order chi connectivity index (χ1) is 10.2. The van der Waals surface area contributed by atoms with Crippen molar-refractivity contribution < 1.29 is 14.2 Å². The molecule has 0 unspecified atom stereocenters. The number of anilines is 2. The molecule has 0 amide bonds. The van der Waals surface area contributed by atoms with Crippen LogP contribution in [0.2, 0.25) is 5.02 Å². The van der Waals surface area contributed by atoms with Gasteiger partial charge in [0.2, 0.25) is 0 Å². The Morgan fingerprint density at radius 2 is 1.36 bits per heavy atom. The Morgan fingerprint density at radius 1 is 0.909 bits per heavy atom. The van der Waals surface area contributed by atoms with E-state index in [1.54, 1.807) is 0 Å². The number of nitro benzene ring substituents is 2. The van der Waals surface area contributed by atoms with Crippen LogP contribution < -0.4 is 11.5 Å². The monoisotopic (exact) mass is 328 g/mol. The second-order valence-electron chi connectivity index (χ2n) is 3.92. The standard InChI is InChI=1S/C6H5ClN2O2.C6H5FN2O2/c2*7-4-1-2-6(9(10)11)5(8)3-4/h2*1-3H,8H2. The van der Waals surface area contributed by atoms with Crippen molar-refractivity contribution in [1.29, 1.82) is 0 Å². The summed E-state index contributed by atoms with van der Waals surface area (Å²) in [4.78, 5) is 19.1. The van der Waals surface area contributed by atoms with Crippen molar-refractivity contribution in [1.82, 2.24) is 0 Å². The molecule has 0 saturated heterocycles. The molecule has 2 aromatic carbocycles. The van der Waals surface area contributed by atoms with Crippen molar-refractivity contribution in [2.24, 2.45) is 0 Å². The van der Waals surface area contributed by atoms with Crippen LogP contribution in [-0.2, 0) is 0 Å². The van der Waals surface area contributed by atoms with E-state index in [1.165, 1.54) is 18.2 Å². The first kappa shape index (κ1) is 17.1. The van der Waals surface area contributed by atoms with Gasteiger partial charge in [0, 0.05) is 23.2 Å². The summed E-state index contributed by atoms with van der Waals surface area (Å²) in [6.45, 7) is 0. The molecular formula is C12H10ClFN4O4. The minimum absolute atomic E-state index is 0.0856. The molecule has 0 aliphatic rings. The first-order valence-corrected chi connectivity index (χ1v) is 5.99. The van der Waals surface area contributed by atoms with Crippen LogP contribution in [0, 0.1) is 26.0 Å². The quantitative estimate of drug-likeness (QED) is 0.493. The molecule has 0 aliphatic carbocycles. The fourth-order valence-electron chi connectivity index (χ4n) is 1.38. The molecule has 0 atom stereocenters. The number of nitro groups is 2. The van der Waals surface area contributed by atoms with Gasteiger partial charge in [-0.3, -0.25) is 20.2 Å². The van der Waals surface area contributed by atoms with Crippen molar-refractivity contribution in [2.45, 2.75) is 0 Å². The van der Waals surface area contributed by atoms with Gasteiger partial charge >= 0.3 is 0 Å². The highest BCUT2D eigenvalue weighted by molar-refractivity contribution is 6.30. The maximum absolute atomic E-state index is 12.3. The molecule has 0 bridgehead atoms. The summed E-state index contributed by atoms with van der Waals surface area (Å²) in [6.07, 6.45) is 0. The minimum atomic E-state index is -0.658. The molecule has 0 spiro atoms. The van der Waals surface area contributed by atoms with Crippen LogP contribution in [0.5, 0.6) is 0 Å². The summed E-state index contributed by atoms with van der Waals surface area (Å²) in [5.74, 6) is -0.576. The molecule has 4 N–H and O–H groups in total. The molecule has 8 nitrogen and oxygen atoms in total. The molecule has 0 radical (unpaired) electrons. The summed E-state index contributed by atoms with van der Waals surface area (Å²) >= 11 is 5.52. The second kappa shape index (κ2) is 7.18. The van der Waals surface area contributed by atoms with Gasteiger partial charge < -0.3 is 11.5 Å². The highest BCUT2D eigenvalue weighted by Gasteiger charge is 2.10. The lowest BCUT2D eigenvalue weighted by Crippen LogP contribution is -1.95. The average molecular weight is 329 g/mol. The zero-order valence-corrected chi connectivity index (χ0v) is 11.7. The summed E-state index contributed by atoms with van der Waals surface area (Å²) < 4.78 is 12.3. The van der Waals surface area contributed by atoms with Crippen molar-refractivity contribution in [3.05, 3.63) is 67.5 Å². The molecule has 0 fully saturated rings. The van der Waals surface area contributed by atoms with Crippen LogP contribution in [0.4, 0.5) is 27.1 Å². The van der Waals surface area contributed by atoms with Gasteiger partial charge in [-0.2, -0.15) is 0 Å². The number of benzene rings is 2. The predicted octanol–water partition coefficient (Wildman–Crippen LogP) is 3.15. The molecule has 22 heavy (non-hydrogen) atoms. The van der Waals surface area contributed by atoms with E-state index in [2.05, 4.69) is 0 Å². The molecule has 2 rings (SSSR count). The van der Waals surface area contributed by atoms with E-state index in [1.807, 2.05) is 0 Å². The molecule has 0 aromatic heterocycles. The summed E-state index contributed by atoms with van der Waals surface area (Å²) in [5, 5.41) is 20.7. The van der Waals surface area contributed by atoms with Gasteiger partial charge in [-0.15, -0.1) is 0 Å². The molecule has 0 aliphatic heterocycles. The maximum Gasteiger partial charge on any atom is 0.292 e. The van der Waals surface area contributed by atoms with Gasteiger partial charge in [0.05, 0.1) is 9.85 Å². The van der Waals surface area contributed by atoms with Crippen LogP contribution in [0.15, 0.2) is 36.4 Å². The third-order valence-electron chi connectivity index (χ3n) is 2.37. The van der Waals surface area contributed by atoms with Crippen LogP contribution in [0.25, 0.3) is 0 Å². The molecular weight excluding hydrogens is 319 g/mol. The van der Waals surface area contributed by atoms with Gasteiger partial charge in [-0.1, -0.05) is 11.6 Å². The number of nitrogens with two attached hydrogens (primary N) is 2. The number of nitrogens with zero attached hydrogens (tertiary/aromatic N) is 2. The van der Waals surface area contributed by atoms with E-state index in [-0.39, 0.29) is 22.7 Å². The number of halogens is 2. The van der Waals surface area contributed by atoms with Crippen LogP contribution in [0.1, 0.15) is 0 Å². The Morgan fingerprint density at radius 3 is 1.77 bits per heavy atom. The number of rotatable bonds is 2. The predicted molar refractivity (Wildman–Crippen MR) is 80.0 cm³/mol. The van der Waals surface area contributed by atoms with E-state index in [4.69, 9.17) is 23.1 Å². The van der Waals surface area contributed by atoms with E-state index in [0.717, 1.165) is 18.2 Å². The number of nitrogen functional groups attached to an aromatic ring is 2. The maximum atomic E-state index is 12.3. The smallest absolute Gasteiger partial charge is 0.292 e. The lowest BCUT2D eigenvalue weighted by molar-refractivity contribution is -0.384. The number of hydrogen-bond acceptors (Lipinski definition) is 6. The van der Waals surface area contributed by atoms with Crippen LogP contribution >= 0.6 is 11.6 Å². The fourth-order valence-corrected chi connectivity index (χ4v) is 1.56. The van der Waals surface area contributed by atoms with Crippen molar-refractivity contribution in [2.75, 3.05) is 11.5 Å². The summed E-state index contributed by atoms with van der Waals surface area (Å²) in [7, 11) is 0. The second-order valence-corrected chi connectivity index (χ2v) is 4.36. The largest absolute Gasteiger partial charge is 0.393 e. The Balaban J connectivity index is 0.000000220. The Kier molecular flexibility index (Phi) is 5.58. The molecule has 10 heteroatoms. The van der Waals surface area contributed by atoms with Gasteiger partial charge in [0.25, 0.3) is 11.4 Å². The first-order valence-electron chi connectivity index (χ1n) is 5.61. The summed E-state index contributed by atoms with van der Waals surface area (Å²) in [6, 6.07) is 6.99. The third-order valence-corrected chi connectivity index (χ3v) is 2.61. The Labute approximate surface area is 128 Å². The van der Waals surface area contributed by atoms with Gasteiger partial charge in [0.15, 0.2) is 0 Å². The van der Waals surface area contributed by atoms with Crippen LogP contribution in [0.3, 0.4) is 0 Å². The lowest BCUT2D eigenvalue weighted by Gasteiger charge is -1.95. The van der Waals surface area contributed by atoms with Gasteiger partial charge in [-0.05, 0) is 18.2 Å². The van der Waals surface area contributed by atoms with Crippen molar-refractivity contribution in [3.63, 3.8) is 0 Å². The molecule has 116 valence electrons. The van der Waals surface area contributed by atoms with E-state index < -0.39 is 15.7 Å². The minimum Gasteiger partial charge on any atom is -0.393 e. The zero-order chi connectivity index (χ0) is 16.9. The van der Waals surface area contributed by atoms with E-state index in [9.17, 15) is 24.6 Å². The number of hydrogen-bond donors (Lipinski definition) is 2.